The molecular weight excluding hydrogens is 576 g/mol. The minimum atomic E-state index is -0.623. The van der Waals surface area contributed by atoms with Crippen molar-refractivity contribution in [1.29, 1.82) is 0 Å². The molecule has 0 aliphatic carbocycles. The summed E-state index contributed by atoms with van der Waals surface area (Å²) >= 11 is 0. The highest BCUT2D eigenvalue weighted by molar-refractivity contribution is 5.70. The van der Waals surface area contributed by atoms with Crippen molar-refractivity contribution in [3.8, 4) is 11.5 Å². The number of hydrogen-bond acceptors (Lipinski definition) is 9. The first-order valence-electron chi connectivity index (χ1n) is 16.3. The summed E-state index contributed by atoms with van der Waals surface area (Å²) in [4.78, 5) is 12.3. The van der Waals surface area contributed by atoms with Crippen LogP contribution in [-0.4, -0.2) is 74.1 Å². The maximum atomic E-state index is 12.3. The van der Waals surface area contributed by atoms with Crippen LogP contribution in [0.5, 0.6) is 11.5 Å². The molecule has 9 heteroatoms. The smallest absolute Gasteiger partial charge is 0.306 e. The first-order chi connectivity index (χ1) is 21.6. The van der Waals surface area contributed by atoms with E-state index in [1.54, 1.807) is 14.2 Å². The molecule has 0 bridgehead atoms. The van der Waals surface area contributed by atoms with Crippen LogP contribution in [0.25, 0.3) is 0 Å². The number of carbonyl (C=O) groups excluding carboxylic acids is 1. The Balaban J connectivity index is 1.19. The van der Waals surface area contributed by atoms with Gasteiger partial charge in [0.1, 0.15) is 29.3 Å². The number of rotatable bonds is 9. The van der Waals surface area contributed by atoms with E-state index in [9.17, 15) is 4.79 Å². The number of ether oxygens (including phenoxy) is 8. The van der Waals surface area contributed by atoms with Gasteiger partial charge in [-0.3, -0.25) is 4.79 Å². The van der Waals surface area contributed by atoms with Crippen molar-refractivity contribution >= 4 is 5.97 Å². The van der Waals surface area contributed by atoms with Crippen molar-refractivity contribution in [1.82, 2.24) is 0 Å². The Morgan fingerprint density at radius 2 is 1.47 bits per heavy atom. The number of methoxy groups -OCH3 is 2. The minimum absolute atomic E-state index is 0.149. The zero-order valence-corrected chi connectivity index (χ0v) is 27.3. The molecular formula is C36H48O9. The summed E-state index contributed by atoms with van der Waals surface area (Å²) in [5.41, 5.74) is 0.349. The largest absolute Gasteiger partial charge is 0.497 e. The first-order valence-corrected chi connectivity index (χ1v) is 16.3. The number of carbonyl (C=O) groups is 1. The van der Waals surface area contributed by atoms with Gasteiger partial charge in [0.25, 0.3) is 0 Å². The van der Waals surface area contributed by atoms with E-state index in [0.717, 1.165) is 48.3 Å². The van der Waals surface area contributed by atoms with E-state index < -0.39 is 16.8 Å². The van der Waals surface area contributed by atoms with Crippen LogP contribution in [0.1, 0.15) is 76.8 Å². The molecule has 4 fully saturated rings. The molecule has 8 atom stereocenters. The Hall–Kier alpha value is -2.69. The number of fused-ring (bicyclic) bond motifs is 3. The summed E-state index contributed by atoms with van der Waals surface area (Å²) in [6, 6.07) is 15.8. The van der Waals surface area contributed by atoms with Gasteiger partial charge in [0.15, 0.2) is 0 Å². The number of benzene rings is 2. The molecule has 2 aromatic rings. The quantitative estimate of drug-likeness (QED) is 0.315. The maximum absolute atomic E-state index is 12.3. The predicted octanol–water partition coefficient (Wildman–Crippen LogP) is 5.93. The Morgan fingerprint density at radius 3 is 2.13 bits per heavy atom. The third kappa shape index (κ3) is 7.03. The number of hydrogen-bond donors (Lipinski definition) is 0. The van der Waals surface area contributed by atoms with Crippen molar-refractivity contribution < 1.29 is 42.7 Å². The fraction of sp³-hybridized carbons (Fsp3) is 0.639. The van der Waals surface area contributed by atoms with Crippen molar-refractivity contribution in [3.63, 3.8) is 0 Å². The average Bonchev–Trinajstić information content (AvgIpc) is 3.24. The Bertz CT molecular complexity index is 1300. The summed E-state index contributed by atoms with van der Waals surface area (Å²) in [5.74, 6) is 1.48. The fourth-order valence-electron chi connectivity index (χ4n) is 7.73. The van der Waals surface area contributed by atoms with Gasteiger partial charge in [-0.05, 0) is 81.8 Å². The van der Waals surface area contributed by atoms with Gasteiger partial charge < -0.3 is 37.9 Å². The van der Waals surface area contributed by atoms with Gasteiger partial charge in [-0.15, -0.1) is 0 Å². The molecule has 2 unspecified atom stereocenters. The lowest BCUT2D eigenvalue weighted by Crippen LogP contribution is -2.69. The van der Waals surface area contributed by atoms with Gasteiger partial charge in [-0.25, -0.2) is 0 Å². The zero-order chi connectivity index (χ0) is 31.7. The van der Waals surface area contributed by atoms with Crippen LogP contribution in [-0.2, 0) is 46.4 Å². The molecule has 45 heavy (non-hydrogen) atoms. The monoisotopic (exact) mass is 624 g/mol. The zero-order valence-electron chi connectivity index (χ0n) is 27.3. The molecule has 0 amide bonds. The second-order valence-electron chi connectivity index (χ2n) is 13.7. The summed E-state index contributed by atoms with van der Waals surface area (Å²) in [5, 5.41) is 0. The highest BCUT2D eigenvalue weighted by Gasteiger charge is 2.62. The van der Waals surface area contributed by atoms with Gasteiger partial charge >= 0.3 is 5.97 Å². The van der Waals surface area contributed by atoms with Gasteiger partial charge in [0.2, 0.25) is 0 Å². The first kappa shape index (κ1) is 32.3. The van der Waals surface area contributed by atoms with E-state index in [4.69, 9.17) is 37.9 Å². The second kappa shape index (κ2) is 13.2. The minimum Gasteiger partial charge on any atom is -0.497 e. The molecule has 4 heterocycles. The van der Waals surface area contributed by atoms with Crippen LogP contribution in [0.15, 0.2) is 48.5 Å². The van der Waals surface area contributed by atoms with Crippen molar-refractivity contribution in [2.24, 2.45) is 0 Å². The molecule has 0 radical (unpaired) electrons. The Morgan fingerprint density at radius 1 is 0.800 bits per heavy atom. The summed E-state index contributed by atoms with van der Waals surface area (Å²) in [6.45, 7) is 7.63. The van der Waals surface area contributed by atoms with Crippen LogP contribution < -0.4 is 9.47 Å². The van der Waals surface area contributed by atoms with E-state index in [2.05, 4.69) is 20.8 Å². The van der Waals surface area contributed by atoms with Gasteiger partial charge in [0, 0.05) is 19.3 Å². The van der Waals surface area contributed by atoms with Crippen molar-refractivity contribution in [3.05, 3.63) is 59.7 Å². The maximum Gasteiger partial charge on any atom is 0.306 e. The third-order valence-electron chi connectivity index (χ3n) is 10.2. The summed E-state index contributed by atoms with van der Waals surface area (Å²) in [6.07, 6.45) is 3.57. The molecule has 0 saturated carbocycles. The van der Waals surface area contributed by atoms with Crippen molar-refractivity contribution in [2.45, 2.75) is 126 Å². The molecule has 4 saturated heterocycles. The van der Waals surface area contributed by atoms with Gasteiger partial charge in [-0.1, -0.05) is 24.3 Å². The molecule has 0 aromatic heterocycles. The summed E-state index contributed by atoms with van der Waals surface area (Å²) in [7, 11) is 3.32. The van der Waals surface area contributed by atoms with Crippen LogP contribution in [0, 0.1) is 0 Å². The molecule has 2 aromatic carbocycles. The van der Waals surface area contributed by atoms with Gasteiger partial charge in [-0.2, -0.15) is 0 Å². The van der Waals surface area contributed by atoms with Crippen LogP contribution in [0.3, 0.4) is 0 Å². The topological polar surface area (TPSA) is 90.9 Å². The third-order valence-corrected chi connectivity index (χ3v) is 10.2. The molecule has 0 N–H and O–H groups in total. The lowest BCUT2D eigenvalue weighted by Gasteiger charge is -2.59. The molecule has 0 spiro atoms. The molecule has 246 valence electrons. The van der Waals surface area contributed by atoms with E-state index in [-0.39, 0.29) is 36.5 Å². The fourth-order valence-corrected chi connectivity index (χ4v) is 7.73. The van der Waals surface area contributed by atoms with E-state index in [0.29, 0.717) is 39.1 Å². The standard InChI is InChI=1S/C36H48O9/c1-34-18-6-7-33(37)43-31(34)19-32-36(3,45-34)23-35(2)30(42-32)17-16-28(41-21-25-10-14-27(39-5)15-11-25)29(44-35)22-40-20-24-8-12-26(38-4)13-9-24/h8-15,28-32H,6-7,16-23H2,1-5H3/t28-,29+,30+,31?,32-,34?,35-,36+/m1/s1. The van der Waals surface area contributed by atoms with Crippen LogP contribution in [0.2, 0.25) is 0 Å². The van der Waals surface area contributed by atoms with Crippen LogP contribution >= 0.6 is 0 Å². The highest BCUT2D eigenvalue weighted by Crippen LogP contribution is 2.52. The average molecular weight is 625 g/mol. The van der Waals surface area contributed by atoms with E-state index in [1.165, 1.54) is 0 Å². The Kier molecular flexibility index (Phi) is 9.46. The molecule has 9 nitrogen and oxygen atoms in total. The lowest BCUT2D eigenvalue weighted by molar-refractivity contribution is -0.339. The Labute approximate surface area is 266 Å². The molecule has 4 aliphatic rings. The van der Waals surface area contributed by atoms with E-state index >= 15 is 0 Å². The number of esters is 1. The highest BCUT2D eigenvalue weighted by atomic mass is 16.6. The predicted molar refractivity (Wildman–Crippen MR) is 166 cm³/mol. The van der Waals surface area contributed by atoms with Gasteiger partial charge in [0.05, 0.1) is 63.6 Å². The van der Waals surface area contributed by atoms with Crippen LogP contribution in [0.4, 0.5) is 0 Å². The summed E-state index contributed by atoms with van der Waals surface area (Å²) < 4.78 is 50.2. The molecule has 4 aliphatic heterocycles. The lowest BCUT2D eigenvalue weighted by atomic mass is 9.72. The van der Waals surface area contributed by atoms with E-state index in [1.807, 2.05) is 48.5 Å². The van der Waals surface area contributed by atoms with Crippen molar-refractivity contribution in [2.75, 3.05) is 20.8 Å². The SMILES string of the molecule is COc1ccc(COC[C@@H]2O[C@]3(C)C[C@]4(C)OC5(C)CCCC(=O)OC5C[C@H]4O[C@H]3CC[C@H]2OCc2ccc(OC)cc2)cc1. The normalized spacial score (nSPS) is 36.4. The second-order valence-corrected chi connectivity index (χ2v) is 13.7. The molecule has 6 rings (SSSR count).